The second-order valence-electron chi connectivity index (χ2n) is 5.41. The number of rotatable bonds is 7. The van der Waals surface area contributed by atoms with Crippen molar-refractivity contribution in [2.45, 2.75) is 38.1 Å². The van der Waals surface area contributed by atoms with Crippen LogP contribution in [-0.4, -0.2) is 27.3 Å². The van der Waals surface area contributed by atoms with Crippen LogP contribution in [0.5, 0.6) is 11.5 Å². The average molecular weight is 263 g/mol. The summed E-state index contributed by atoms with van der Waals surface area (Å²) in [5, 5.41) is 3.44. The van der Waals surface area contributed by atoms with Gasteiger partial charge < -0.3 is 14.8 Å². The molecule has 1 aromatic carbocycles. The van der Waals surface area contributed by atoms with Crippen molar-refractivity contribution in [3.8, 4) is 11.5 Å². The molecule has 0 radical (unpaired) electrons. The van der Waals surface area contributed by atoms with Crippen LogP contribution in [0.15, 0.2) is 18.2 Å². The van der Waals surface area contributed by atoms with E-state index in [4.69, 9.17) is 9.47 Å². The van der Waals surface area contributed by atoms with Crippen molar-refractivity contribution in [2.75, 3.05) is 21.3 Å². The highest BCUT2D eigenvalue weighted by atomic mass is 16.5. The molecule has 1 atom stereocenters. The van der Waals surface area contributed by atoms with E-state index < -0.39 is 0 Å². The number of likely N-dealkylation sites (N-methyl/N-ethyl adjacent to an activating group) is 1. The summed E-state index contributed by atoms with van der Waals surface area (Å²) in [6, 6.07) is 6.77. The summed E-state index contributed by atoms with van der Waals surface area (Å²) in [6.07, 6.45) is 6.56. The Morgan fingerprint density at radius 2 is 1.95 bits per heavy atom. The Morgan fingerprint density at radius 1 is 1.21 bits per heavy atom. The van der Waals surface area contributed by atoms with Gasteiger partial charge in [-0.15, -0.1) is 0 Å². The monoisotopic (exact) mass is 263 g/mol. The van der Waals surface area contributed by atoms with Gasteiger partial charge in [0.1, 0.15) is 0 Å². The van der Waals surface area contributed by atoms with Gasteiger partial charge in [-0.1, -0.05) is 25.3 Å². The van der Waals surface area contributed by atoms with E-state index in [1.807, 2.05) is 6.07 Å². The highest BCUT2D eigenvalue weighted by Gasteiger charge is 2.21. The second-order valence-corrected chi connectivity index (χ2v) is 5.41. The Morgan fingerprint density at radius 3 is 2.47 bits per heavy atom. The van der Waals surface area contributed by atoms with Crippen LogP contribution in [0, 0.1) is 5.92 Å². The van der Waals surface area contributed by atoms with E-state index in [0.29, 0.717) is 6.04 Å². The minimum Gasteiger partial charge on any atom is -0.493 e. The van der Waals surface area contributed by atoms with Crippen molar-refractivity contribution >= 4 is 0 Å². The Bertz CT molecular complexity index is 402. The van der Waals surface area contributed by atoms with Gasteiger partial charge in [-0.05, 0) is 43.5 Å². The molecule has 3 heteroatoms. The number of nitrogens with one attached hydrogen (secondary N) is 1. The minimum absolute atomic E-state index is 0.559. The molecule has 0 saturated heterocycles. The first kappa shape index (κ1) is 14.2. The molecular weight excluding hydrogens is 238 g/mol. The lowest BCUT2D eigenvalue weighted by Crippen LogP contribution is -2.31. The second kappa shape index (κ2) is 6.80. The third kappa shape index (κ3) is 3.63. The van der Waals surface area contributed by atoms with E-state index in [2.05, 4.69) is 24.5 Å². The predicted molar refractivity (Wildman–Crippen MR) is 78.1 cm³/mol. The van der Waals surface area contributed by atoms with Gasteiger partial charge in [-0.25, -0.2) is 0 Å². The number of ether oxygens (including phenoxy) is 2. The SMILES string of the molecule is CNC(Cc1ccc(OC)c(OC)c1)CC1CCC1. The van der Waals surface area contributed by atoms with Gasteiger partial charge in [-0.2, -0.15) is 0 Å². The molecule has 1 saturated carbocycles. The molecule has 0 aromatic heterocycles. The quantitative estimate of drug-likeness (QED) is 0.820. The van der Waals surface area contributed by atoms with Crippen LogP contribution >= 0.6 is 0 Å². The normalized spacial score (nSPS) is 16.8. The van der Waals surface area contributed by atoms with Crippen molar-refractivity contribution < 1.29 is 9.47 Å². The molecule has 19 heavy (non-hydrogen) atoms. The van der Waals surface area contributed by atoms with Gasteiger partial charge in [0.25, 0.3) is 0 Å². The van der Waals surface area contributed by atoms with Gasteiger partial charge in [-0.3, -0.25) is 0 Å². The van der Waals surface area contributed by atoms with Crippen LogP contribution in [0.3, 0.4) is 0 Å². The third-order valence-electron chi connectivity index (χ3n) is 4.18. The summed E-state index contributed by atoms with van der Waals surface area (Å²) >= 11 is 0. The van der Waals surface area contributed by atoms with Crippen LogP contribution in [0.4, 0.5) is 0 Å². The van der Waals surface area contributed by atoms with E-state index in [-0.39, 0.29) is 0 Å². The molecular formula is C16H25NO2. The van der Waals surface area contributed by atoms with Crippen LogP contribution in [0.1, 0.15) is 31.2 Å². The molecule has 0 aliphatic heterocycles. The van der Waals surface area contributed by atoms with Crippen molar-refractivity contribution in [3.63, 3.8) is 0 Å². The lowest BCUT2D eigenvalue weighted by molar-refractivity contribution is 0.263. The van der Waals surface area contributed by atoms with E-state index >= 15 is 0 Å². The smallest absolute Gasteiger partial charge is 0.160 e. The fourth-order valence-electron chi connectivity index (χ4n) is 2.73. The summed E-state index contributed by atoms with van der Waals surface area (Å²) in [5.41, 5.74) is 1.30. The topological polar surface area (TPSA) is 30.5 Å². The van der Waals surface area contributed by atoms with Gasteiger partial charge in [0.05, 0.1) is 14.2 Å². The molecule has 1 aromatic rings. The molecule has 0 spiro atoms. The summed E-state index contributed by atoms with van der Waals surface area (Å²) in [4.78, 5) is 0. The maximum atomic E-state index is 5.36. The highest BCUT2D eigenvalue weighted by Crippen LogP contribution is 2.32. The molecule has 106 valence electrons. The largest absolute Gasteiger partial charge is 0.493 e. The predicted octanol–water partition coefficient (Wildman–Crippen LogP) is 3.02. The molecule has 2 rings (SSSR count). The number of hydrogen-bond acceptors (Lipinski definition) is 3. The zero-order valence-electron chi connectivity index (χ0n) is 12.2. The van der Waals surface area contributed by atoms with E-state index in [1.54, 1.807) is 14.2 Å². The molecule has 3 nitrogen and oxygen atoms in total. The van der Waals surface area contributed by atoms with Crippen molar-refractivity contribution in [1.82, 2.24) is 5.32 Å². The molecule has 1 fully saturated rings. The molecule has 0 heterocycles. The van der Waals surface area contributed by atoms with E-state index in [1.165, 1.54) is 31.2 Å². The van der Waals surface area contributed by atoms with Crippen LogP contribution in [0.25, 0.3) is 0 Å². The molecule has 1 N–H and O–H groups in total. The molecule has 1 unspecified atom stereocenters. The molecule has 1 aliphatic rings. The maximum absolute atomic E-state index is 5.36. The standard InChI is InChI=1S/C16H25NO2/c1-17-14(9-12-5-4-6-12)10-13-7-8-15(18-2)16(11-13)19-3/h7-8,11-12,14,17H,4-6,9-10H2,1-3H3. The Kier molecular flexibility index (Phi) is 5.08. The Labute approximate surface area is 116 Å². The summed E-state index contributed by atoms with van der Waals surface area (Å²) < 4.78 is 10.6. The van der Waals surface area contributed by atoms with Crippen molar-refractivity contribution in [1.29, 1.82) is 0 Å². The minimum atomic E-state index is 0.559. The average Bonchev–Trinajstić information content (AvgIpc) is 2.41. The lowest BCUT2D eigenvalue weighted by atomic mass is 9.80. The summed E-state index contributed by atoms with van der Waals surface area (Å²) in [7, 11) is 5.42. The molecule has 1 aliphatic carbocycles. The Hall–Kier alpha value is -1.22. The number of benzene rings is 1. The van der Waals surface area contributed by atoms with Crippen LogP contribution in [0.2, 0.25) is 0 Å². The van der Waals surface area contributed by atoms with Crippen LogP contribution < -0.4 is 14.8 Å². The third-order valence-corrected chi connectivity index (χ3v) is 4.18. The van der Waals surface area contributed by atoms with Crippen LogP contribution in [-0.2, 0) is 6.42 Å². The first-order valence-corrected chi connectivity index (χ1v) is 7.15. The van der Waals surface area contributed by atoms with Gasteiger partial charge in [0.2, 0.25) is 0 Å². The lowest BCUT2D eigenvalue weighted by Gasteiger charge is -2.29. The summed E-state index contributed by atoms with van der Waals surface area (Å²) in [6.45, 7) is 0. The van der Waals surface area contributed by atoms with E-state index in [0.717, 1.165) is 23.8 Å². The highest BCUT2D eigenvalue weighted by molar-refractivity contribution is 5.43. The number of methoxy groups -OCH3 is 2. The number of hydrogen-bond donors (Lipinski definition) is 1. The Balaban J connectivity index is 1.99. The van der Waals surface area contributed by atoms with Gasteiger partial charge in [0.15, 0.2) is 11.5 Å². The van der Waals surface area contributed by atoms with Gasteiger partial charge >= 0.3 is 0 Å². The zero-order valence-corrected chi connectivity index (χ0v) is 12.2. The maximum Gasteiger partial charge on any atom is 0.160 e. The van der Waals surface area contributed by atoms with Crippen molar-refractivity contribution in [2.24, 2.45) is 5.92 Å². The summed E-state index contributed by atoms with van der Waals surface area (Å²) in [5.74, 6) is 2.54. The molecule has 0 amide bonds. The first-order valence-electron chi connectivity index (χ1n) is 7.15. The van der Waals surface area contributed by atoms with Crippen molar-refractivity contribution in [3.05, 3.63) is 23.8 Å². The fourth-order valence-corrected chi connectivity index (χ4v) is 2.73. The first-order chi connectivity index (χ1) is 9.26. The fraction of sp³-hybridized carbons (Fsp3) is 0.625. The zero-order chi connectivity index (χ0) is 13.7. The molecule has 0 bridgehead atoms. The van der Waals surface area contributed by atoms with Gasteiger partial charge in [0, 0.05) is 6.04 Å². The van der Waals surface area contributed by atoms with E-state index in [9.17, 15) is 0 Å².